The third kappa shape index (κ3) is 6.42. The van der Waals surface area contributed by atoms with Crippen molar-refractivity contribution in [2.45, 2.75) is 64.2 Å². The molecule has 0 saturated heterocycles. The molecule has 5 atom stereocenters. The fraction of sp³-hybridized carbons (Fsp3) is 0.429. The van der Waals surface area contributed by atoms with Gasteiger partial charge in [0.15, 0.2) is 0 Å². The molecule has 2 aliphatic rings. The molecule has 0 aliphatic heterocycles. The van der Waals surface area contributed by atoms with E-state index in [-0.39, 0.29) is 25.4 Å². The average Bonchev–Trinajstić information content (AvgIpc) is 3.55. The molecule has 0 spiro atoms. The Balaban J connectivity index is 1.46. The second-order valence-electron chi connectivity index (χ2n) is 12.4. The van der Waals surface area contributed by atoms with Gasteiger partial charge in [0, 0.05) is 29.0 Å². The number of nitrogens with zero attached hydrogens (tertiary/aromatic N) is 1. The zero-order valence-electron chi connectivity index (χ0n) is 25.9. The molecule has 1 heterocycles. The molecule has 1 N–H and O–H groups in total. The normalized spacial score (nSPS) is 24.3. The summed E-state index contributed by atoms with van der Waals surface area (Å²) in [5.41, 5.74) is 0.425. The molecule has 3 aromatic rings. The first kappa shape index (κ1) is 31.0. The number of pyridine rings is 1. The number of fused-ring (bicyclic) bond motifs is 1. The third-order valence-electron chi connectivity index (χ3n) is 8.19. The van der Waals surface area contributed by atoms with Crippen LogP contribution in [0.25, 0.3) is 22.2 Å². The van der Waals surface area contributed by atoms with Crippen molar-refractivity contribution < 1.29 is 33.3 Å². The van der Waals surface area contributed by atoms with Gasteiger partial charge in [0.1, 0.15) is 28.7 Å². The summed E-state index contributed by atoms with van der Waals surface area (Å²) in [6.07, 6.45) is 2.10. The number of ether oxygens (including phenoxy) is 4. The fourth-order valence-corrected chi connectivity index (χ4v) is 5.93. The lowest BCUT2D eigenvalue weighted by Gasteiger charge is -2.25. The van der Waals surface area contributed by atoms with E-state index < -0.39 is 46.9 Å². The van der Waals surface area contributed by atoms with E-state index in [0.29, 0.717) is 23.4 Å². The molecule has 9 nitrogen and oxygen atoms in total. The number of esters is 2. The van der Waals surface area contributed by atoms with Crippen LogP contribution in [0.2, 0.25) is 0 Å². The lowest BCUT2D eigenvalue weighted by molar-refractivity contribution is -0.163. The number of nitrogens with one attached hydrogen (secondary N) is 1. The maximum Gasteiger partial charge on any atom is 0.332 e. The van der Waals surface area contributed by atoms with Crippen molar-refractivity contribution >= 4 is 28.7 Å². The number of carbonyl (C=O) groups excluding carboxylic acids is 3. The highest BCUT2D eigenvalue weighted by Crippen LogP contribution is 2.47. The number of rotatable bonds is 10. The van der Waals surface area contributed by atoms with Crippen molar-refractivity contribution in [2.75, 3.05) is 13.7 Å². The maximum absolute atomic E-state index is 13.8. The third-order valence-corrected chi connectivity index (χ3v) is 8.19. The van der Waals surface area contributed by atoms with E-state index in [1.54, 1.807) is 40.9 Å². The summed E-state index contributed by atoms with van der Waals surface area (Å²) in [4.78, 5) is 45.0. The number of amides is 1. The van der Waals surface area contributed by atoms with Crippen LogP contribution in [-0.4, -0.2) is 53.8 Å². The van der Waals surface area contributed by atoms with Gasteiger partial charge in [-0.2, -0.15) is 0 Å². The summed E-state index contributed by atoms with van der Waals surface area (Å²) >= 11 is 0. The Labute approximate surface area is 257 Å². The second kappa shape index (κ2) is 12.3. The highest BCUT2D eigenvalue weighted by Gasteiger charge is 2.62. The van der Waals surface area contributed by atoms with Gasteiger partial charge in [0.05, 0.1) is 36.8 Å². The summed E-state index contributed by atoms with van der Waals surface area (Å²) in [6.45, 7) is 11.1. The van der Waals surface area contributed by atoms with Crippen LogP contribution in [0.4, 0.5) is 0 Å². The van der Waals surface area contributed by atoms with E-state index in [0.717, 1.165) is 16.6 Å². The molecule has 9 heteroatoms. The minimum Gasteiger partial charge on any atom is -0.497 e. The molecule has 2 unspecified atom stereocenters. The Morgan fingerprint density at radius 1 is 1.07 bits per heavy atom. The SMILES string of the molecule is C=CC1CC1(NC(=O)[C@@H]1C[C@@H](Oc2cc(-c3ccccc3)nc3cc(OC)ccc23)C[C@H]1C(=O)OC(C)(C)C)C(=O)OCC. The van der Waals surface area contributed by atoms with Gasteiger partial charge < -0.3 is 24.3 Å². The number of hydrogen-bond acceptors (Lipinski definition) is 8. The molecule has 0 bridgehead atoms. The Morgan fingerprint density at radius 2 is 1.80 bits per heavy atom. The van der Waals surface area contributed by atoms with E-state index in [1.165, 1.54) is 0 Å². The zero-order valence-corrected chi connectivity index (χ0v) is 25.9. The molecule has 0 radical (unpaired) electrons. The van der Waals surface area contributed by atoms with E-state index in [4.69, 9.17) is 23.9 Å². The van der Waals surface area contributed by atoms with E-state index in [2.05, 4.69) is 11.9 Å². The molecule has 1 amide bonds. The van der Waals surface area contributed by atoms with Crippen LogP contribution in [0.3, 0.4) is 0 Å². The largest absolute Gasteiger partial charge is 0.497 e. The van der Waals surface area contributed by atoms with Gasteiger partial charge in [0.2, 0.25) is 5.91 Å². The van der Waals surface area contributed by atoms with Crippen molar-refractivity contribution in [3.05, 3.63) is 67.3 Å². The highest BCUT2D eigenvalue weighted by molar-refractivity contribution is 5.94. The van der Waals surface area contributed by atoms with Gasteiger partial charge in [-0.3, -0.25) is 9.59 Å². The van der Waals surface area contributed by atoms with Crippen molar-refractivity contribution in [2.24, 2.45) is 17.8 Å². The van der Waals surface area contributed by atoms with Gasteiger partial charge in [-0.15, -0.1) is 6.58 Å². The number of hydrogen-bond donors (Lipinski definition) is 1. The first-order valence-electron chi connectivity index (χ1n) is 15.0. The van der Waals surface area contributed by atoms with Crippen molar-refractivity contribution in [3.63, 3.8) is 0 Å². The van der Waals surface area contributed by atoms with Gasteiger partial charge >= 0.3 is 11.9 Å². The molecule has 2 aliphatic carbocycles. The molecule has 2 fully saturated rings. The number of benzene rings is 2. The monoisotopic (exact) mass is 600 g/mol. The van der Waals surface area contributed by atoms with Crippen LogP contribution < -0.4 is 14.8 Å². The Hall–Kier alpha value is -4.40. The Morgan fingerprint density at radius 3 is 2.43 bits per heavy atom. The van der Waals surface area contributed by atoms with Crippen LogP contribution in [0.15, 0.2) is 67.3 Å². The molecule has 1 aromatic heterocycles. The smallest absolute Gasteiger partial charge is 0.332 e. The van der Waals surface area contributed by atoms with E-state index >= 15 is 0 Å². The molecule has 2 aromatic carbocycles. The molecule has 232 valence electrons. The summed E-state index contributed by atoms with van der Waals surface area (Å²) in [5, 5.41) is 3.71. The van der Waals surface area contributed by atoms with Gasteiger partial charge in [-0.1, -0.05) is 36.4 Å². The fourth-order valence-electron chi connectivity index (χ4n) is 5.93. The van der Waals surface area contributed by atoms with Crippen LogP contribution in [0.1, 0.15) is 47.0 Å². The zero-order chi connectivity index (χ0) is 31.6. The summed E-state index contributed by atoms with van der Waals surface area (Å²) < 4.78 is 23.1. The maximum atomic E-state index is 13.8. The van der Waals surface area contributed by atoms with Crippen LogP contribution in [0, 0.1) is 17.8 Å². The average molecular weight is 601 g/mol. The topological polar surface area (TPSA) is 113 Å². The first-order chi connectivity index (χ1) is 21.0. The van der Waals surface area contributed by atoms with Crippen molar-refractivity contribution in [1.82, 2.24) is 10.3 Å². The van der Waals surface area contributed by atoms with Crippen molar-refractivity contribution in [1.29, 1.82) is 0 Å². The molecule has 44 heavy (non-hydrogen) atoms. The van der Waals surface area contributed by atoms with E-state index in [9.17, 15) is 14.4 Å². The van der Waals surface area contributed by atoms with Gasteiger partial charge in [-0.25, -0.2) is 9.78 Å². The lowest BCUT2D eigenvalue weighted by Crippen LogP contribution is -2.49. The van der Waals surface area contributed by atoms with Crippen molar-refractivity contribution in [3.8, 4) is 22.8 Å². The van der Waals surface area contributed by atoms with Crippen LogP contribution in [-0.2, 0) is 23.9 Å². The van der Waals surface area contributed by atoms with E-state index in [1.807, 2.05) is 54.6 Å². The molecule has 2 saturated carbocycles. The first-order valence-corrected chi connectivity index (χ1v) is 15.0. The van der Waals surface area contributed by atoms with Crippen LogP contribution >= 0.6 is 0 Å². The summed E-state index contributed by atoms with van der Waals surface area (Å²) in [6, 6.07) is 17.2. The predicted molar refractivity (Wildman–Crippen MR) is 166 cm³/mol. The van der Waals surface area contributed by atoms with Gasteiger partial charge in [0.25, 0.3) is 0 Å². The number of aromatic nitrogens is 1. The van der Waals surface area contributed by atoms with Crippen LogP contribution in [0.5, 0.6) is 11.5 Å². The predicted octanol–water partition coefficient (Wildman–Crippen LogP) is 5.65. The lowest BCUT2D eigenvalue weighted by atomic mass is 9.94. The Kier molecular flexibility index (Phi) is 8.68. The van der Waals surface area contributed by atoms with Gasteiger partial charge in [-0.05, 0) is 59.1 Å². The number of carbonyl (C=O) groups is 3. The summed E-state index contributed by atoms with van der Waals surface area (Å²) in [5.74, 6) is -1.90. The second-order valence-corrected chi connectivity index (χ2v) is 12.4. The Bertz CT molecular complexity index is 1560. The minimum atomic E-state index is -1.17. The summed E-state index contributed by atoms with van der Waals surface area (Å²) in [7, 11) is 1.60. The molecular formula is C35H40N2O7. The quantitative estimate of drug-likeness (QED) is 0.235. The molecule has 5 rings (SSSR count). The highest BCUT2D eigenvalue weighted by atomic mass is 16.6. The number of methoxy groups -OCH3 is 1. The standard InChI is InChI=1S/C35H40N2O7/c1-7-22-20-35(22,33(40)42-8-2)37-31(38)26-16-24(17-27(26)32(39)44-34(3,4)5)43-30-19-28(21-12-10-9-11-13-21)36-29-18-23(41-6)14-15-25(29)30/h7,9-15,18-19,22,24,26-27H,1,8,16-17,20H2,2-6H3,(H,37,38)/t22?,24-,26-,27-,35?/m1/s1. The minimum absolute atomic E-state index is 0.191. The molecular weight excluding hydrogens is 560 g/mol.